The fourth-order valence-corrected chi connectivity index (χ4v) is 3.14. The van der Waals surface area contributed by atoms with Gasteiger partial charge < -0.3 is 9.84 Å². The van der Waals surface area contributed by atoms with Crippen molar-refractivity contribution in [3.63, 3.8) is 0 Å². The van der Waals surface area contributed by atoms with Gasteiger partial charge >= 0.3 is 0 Å². The van der Waals surface area contributed by atoms with Crippen LogP contribution >= 0.6 is 0 Å². The van der Waals surface area contributed by atoms with E-state index in [0.717, 1.165) is 11.3 Å². The number of para-hydroxylation sites is 1. The summed E-state index contributed by atoms with van der Waals surface area (Å²) in [5.74, 6) is 1.36. The number of hydrogen-bond acceptors (Lipinski definition) is 2. The highest BCUT2D eigenvalue weighted by molar-refractivity contribution is 5.33. The Morgan fingerprint density at radius 2 is 1.74 bits per heavy atom. The molecule has 0 spiro atoms. The van der Waals surface area contributed by atoms with Crippen molar-refractivity contribution in [2.75, 3.05) is 7.11 Å². The van der Waals surface area contributed by atoms with Crippen LogP contribution in [0, 0.1) is 5.92 Å². The van der Waals surface area contributed by atoms with Gasteiger partial charge in [0.1, 0.15) is 5.75 Å². The lowest BCUT2D eigenvalue weighted by atomic mass is 9.85. The van der Waals surface area contributed by atoms with E-state index < -0.39 is 0 Å². The fourth-order valence-electron chi connectivity index (χ4n) is 3.14. The molecule has 0 heterocycles. The van der Waals surface area contributed by atoms with E-state index in [1.807, 2.05) is 18.2 Å². The second kappa shape index (κ2) is 7.54. The van der Waals surface area contributed by atoms with Gasteiger partial charge in [0.2, 0.25) is 0 Å². The summed E-state index contributed by atoms with van der Waals surface area (Å²) in [5.41, 5.74) is 1.12. The summed E-state index contributed by atoms with van der Waals surface area (Å²) in [5, 5.41) is 10.5. The zero-order valence-corrected chi connectivity index (χ0v) is 12.0. The smallest absolute Gasteiger partial charge is 0.122 e. The Morgan fingerprint density at radius 1 is 1.11 bits per heavy atom. The molecule has 1 aromatic carbocycles. The molecule has 2 rings (SSSR count). The first-order valence-corrected chi connectivity index (χ1v) is 7.61. The van der Waals surface area contributed by atoms with E-state index in [1.165, 1.54) is 44.9 Å². The first kappa shape index (κ1) is 14.4. The highest BCUT2D eigenvalue weighted by Crippen LogP contribution is 2.28. The van der Waals surface area contributed by atoms with Crippen LogP contribution in [0.4, 0.5) is 0 Å². The molecule has 2 nitrogen and oxygen atoms in total. The van der Waals surface area contributed by atoms with E-state index in [0.29, 0.717) is 12.3 Å². The molecule has 0 saturated heterocycles. The van der Waals surface area contributed by atoms with Gasteiger partial charge in [-0.2, -0.15) is 0 Å². The molecule has 1 saturated carbocycles. The second-order valence-corrected chi connectivity index (χ2v) is 5.69. The molecule has 1 N–H and O–H groups in total. The summed E-state index contributed by atoms with van der Waals surface area (Å²) in [6, 6.07) is 8.03. The lowest BCUT2D eigenvalue weighted by Gasteiger charge is -2.25. The molecule has 1 fully saturated rings. The number of hydrogen-bond donors (Lipinski definition) is 1. The van der Waals surface area contributed by atoms with Crippen LogP contribution in [0.25, 0.3) is 0 Å². The van der Waals surface area contributed by atoms with E-state index >= 15 is 0 Å². The predicted octanol–water partition coefficient (Wildman–Crippen LogP) is 3.96. The van der Waals surface area contributed by atoms with E-state index in [2.05, 4.69) is 6.07 Å². The van der Waals surface area contributed by atoms with Gasteiger partial charge in [-0.15, -0.1) is 0 Å². The van der Waals surface area contributed by atoms with E-state index in [-0.39, 0.29) is 6.10 Å². The van der Waals surface area contributed by atoms with Crippen LogP contribution in [0.2, 0.25) is 0 Å². The largest absolute Gasteiger partial charge is 0.496 e. The molecule has 0 bridgehead atoms. The van der Waals surface area contributed by atoms with Crippen molar-refractivity contribution in [1.82, 2.24) is 0 Å². The Bertz CT molecular complexity index is 367. The molecule has 0 radical (unpaired) electrons. The molecule has 1 aromatic rings. The minimum absolute atomic E-state index is 0.227. The van der Waals surface area contributed by atoms with Gasteiger partial charge in [0.15, 0.2) is 0 Å². The average molecular weight is 262 g/mol. The maximum absolute atomic E-state index is 10.5. The molecule has 1 aliphatic carbocycles. The first-order chi connectivity index (χ1) is 9.31. The van der Waals surface area contributed by atoms with Crippen LogP contribution in [0.5, 0.6) is 5.75 Å². The molecule has 0 aliphatic heterocycles. The monoisotopic (exact) mass is 262 g/mol. The summed E-state index contributed by atoms with van der Waals surface area (Å²) >= 11 is 0. The molecule has 2 heteroatoms. The number of ether oxygens (including phenoxy) is 1. The zero-order valence-electron chi connectivity index (χ0n) is 12.0. The number of rotatable bonds is 4. The van der Waals surface area contributed by atoms with Crippen LogP contribution < -0.4 is 4.74 Å². The highest BCUT2D eigenvalue weighted by atomic mass is 16.5. The van der Waals surface area contributed by atoms with Crippen LogP contribution in [0.15, 0.2) is 24.3 Å². The number of methoxy groups -OCH3 is 1. The first-order valence-electron chi connectivity index (χ1n) is 7.61. The lowest BCUT2D eigenvalue weighted by Crippen LogP contribution is -2.24. The summed E-state index contributed by atoms with van der Waals surface area (Å²) in [6.45, 7) is 0. The highest BCUT2D eigenvalue weighted by Gasteiger charge is 2.21. The fraction of sp³-hybridized carbons (Fsp3) is 0.647. The average Bonchev–Trinajstić information content (AvgIpc) is 2.38. The van der Waals surface area contributed by atoms with Crippen LogP contribution in [0.1, 0.15) is 50.5 Å². The minimum Gasteiger partial charge on any atom is -0.496 e. The molecule has 1 aliphatic rings. The molecular weight excluding hydrogens is 236 g/mol. The molecule has 0 amide bonds. The second-order valence-electron chi connectivity index (χ2n) is 5.69. The third-order valence-electron chi connectivity index (χ3n) is 4.32. The SMILES string of the molecule is COc1ccccc1CC(O)C1CCCCCCC1. The Hall–Kier alpha value is -1.02. The van der Waals surface area contributed by atoms with Crippen molar-refractivity contribution in [2.45, 2.75) is 57.5 Å². The summed E-state index contributed by atoms with van der Waals surface area (Å²) in [6.07, 6.45) is 9.42. The van der Waals surface area contributed by atoms with E-state index in [4.69, 9.17) is 4.74 Å². The predicted molar refractivity (Wildman–Crippen MR) is 78.5 cm³/mol. The topological polar surface area (TPSA) is 29.5 Å². The van der Waals surface area contributed by atoms with Gasteiger partial charge in [0, 0.05) is 6.42 Å². The van der Waals surface area contributed by atoms with Crippen molar-refractivity contribution < 1.29 is 9.84 Å². The van der Waals surface area contributed by atoms with Gasteiger partial charge in [0.05, 0.1) is 13.2 Å². The Balaban J connectivity index is 1.96. The van der Waals surface area contributed by atoms with Crippen LogP contribution in [-0.2, 0) is 6.42 Å². The molecule has 1 unspecified atom stereocenters. The van der Waals surface area contributed by atoms with Crippen LogP contribution in [-0.4, -0.2) is 18.3 Å². The Kier molecular flexibility index (Phi) is 5.71. The van der Waals surface area contributed by atoms with Crippen molar-refractivity contribution >= 4 is 0 Å². The van der Waals surface area contributed by atoms with Gasteiger partial charge in [-0.1, -0.05) is 50.3 Å². The number of aliphatic hydroxyl groups excluding tert-OH is 1. The molecule has 19 heavy (non-hydrogen) atoms. The quantitative estimate of drug-likeness (QED) is 0.890. The van der Waals surface area contributed by atoms with Crippen molar-refractivity contribution in [1.29, 1.82) is 0 Å². The molecule has 1 atom stereocenters. The van der Waals surface area contributed by atoms with E-state index in [9.17, 15) is 5.11 Å². The maximum atomic E-state index is 10.5. The molecule has 0 aromatic heterocycles. The van der Waals surface area contributed by atoms with E-state index in [1.54, 1.807) is 7.11 Å². The summed E-state index contributed by atoms with van der Waals surface area (Å²) in [7, 11) is 1.70. The van der Waals surface area contributed by atoms with Gasteiger partial charge in [-0.3, -0.25) is 0 Å². The minimum atomic E-state index is -0.227. The number of benzene rings is 1. The standard InChI is InChI=1S/C17H26O2/c1-19-17-12-8-7-11-15(17)13-16(18)14-9-5-3-2-4-6-10-14/h7-8,11-12,14,16,18H,2-6,9-10,13H2,1H3. The Labute approximate surface area is 116 Å². The Morgan fingerprint density at radius 3 is 2.42 bits per heavy atom. The summed E-state index contributed by atoms with van der Waals surface area (Å²) in [4.78, 5) is 0. The van der Waals surface area contributed by atoms with Gasteiger partial charge in [-0.25, -0.2) is 0 Å². The zero-order chi connectivity index (χ0) is 13.5. The summed E-state index contributed by atoms with van der Waals surface area (Å²) < 4.78 is 5.37. The third-order valence-corrected chi connectivity index (χ3v) is 4.32. The number of aliphatic hydroxyl groups is 1. The molecule has 106 valence electrons. The third kappa shape index (κ3) is 4.24. The van der Waals surface area contributed by atoms with Crippen molar-refractivity contribution in [3.8, 4) is 5.75 Å². The van der Waals surface area contributed by atoms with Crippen molar-refractivity contribution in [2.24, 2.45) is 5.92 Å². The van der Waals surface area contributed by atoms with Crippen molar-refractivity contribution in [3.05, 3.63) is 29.8 Å². The van der Waals surface area contributed by atoms with Crippen LogP contribution in [0.3, 0.4) is 0 Å². The van der Waals surface area contributed by atoms with Gasteiger partial charge in [-0.05, 0) is 30.4 Å². The normalized spacial score (nSPS) is 19.5. The lowest BCUT2D eigenvalue weighted by molar-refractivity contribution is 0.0907. The van der Waals surface area contributed by atoms with Gasteiger partial charge in [0.25, 0.3) is 0 Å². The maximum Gasteiger partial charge on any atom is 0.122 e. The molecular formula is C17H26O2.